The van der Waals surface area contributed by atoms with E-state index in [1.54, 1.807) is 12.4 Å². The van der Waals surface area contributed by atoms with Crippen LogP contribution < -0.4 is 0 Å². The maximum absolute atomic E-state index is 4.32. The van der Waals surface area contributed by atoms with E-state index in [0.717, 1.165) is 11.4 Å². The first-order valence-corrected chi connectivity index (χ1v) is 4.19. The molecule has 0 saturated heterocycles. The van der Waals surface area contributed by atoms with Gasteiger partial charge in [-0.3, -0.25) is 9.67 Å². The van der Waals surface area contributed by atoms with Gasteiger partial charge in [-0.1, -0.05) is 6.07 Å². The fourth-order valence-electron chi connectivity index (χ4n) is 1.36. The number of rotatable bonds is 1. The summed E-state index contributed by atoms with van der Waals surface area (Å²) in [6.45, 7) is 2.05. The Labute approximate surface area is 77.0 Å². The van der Waals surface area contributed by atoms with Crippen LogP contribution in [0.1, 0.15) is 5.56 Å². The minimum absolute atomic E-state index is 1.00. The standard InChI is InChI=1S/C10H11N3/c1-8-4-3-6-11-10(8)9-5-7-12-13(9)2/h3-7H,1-2H3. The highest BCUT2D eigenvalue weighted by Crippen LogP contribution is 2.18. The average molecular weight is 173 g/mol. The molecule has 0 amide bonds. The predicted octanol–water partition coefficient (Wildman–Crippen LogP) is 1.79. The normalized spacial score (nSPS) is 10.3. The molecule has 3 heteroatoms. The van der Waals surface area contributed by atoms with Gasteiger partial charge in [0.05, 0.1) is 11.4 Å². The van der Waals surface area contributed by atoms with E-state index in [4.69, 9.17) is 0 Å². The van der Waals surface area contributed by atoms with E-state index in [-0.39, 0.29) is 0 Å². The molecule has 66 valence electrons. The van der Waals surface area contributed by atoms with E-state index in [9.17, 15) is 0 Å². The lowest BCUT2D eigenvalue weighted by Gasteiger charge is -2.03. The molecule has 0 aliphatic heterocycles. The summed E-state index contributed by atoms with van der Waals surface area (Å²) in [4.78, 5) is 4.32. The summed E-state index contributed by atoms with van der Waals surface area (Å²) in [6.07, 6.45) is 3.58. The predicted molar refractivity (Wildman–Crippen MR) is 51.2 cm³/mol. The van der Waals surface area contributed by atoms with Crippen molar-refractivity contribution in [2.45, 2.75) is 6.92 Å². The Balaban J connectivity index is 2.59. The molecule has 3 nitrogen and oxygen atoms in total. The molecule has 0 aromatic carbocycles. The first kappa shape index (κ1) is 7.98. The van der Waals surface area contributed by atoms with Gasteiger partial charge in [0.25, 0.3) is 0 Å². The number of hydrogen-bond donors (Lipinski definition) is 0. The van der Waals surface area contributed by atoms with Crippen LogP contribution in [-0.4, -0.2) is 14.8 Å². The molecule has 2 aromatic rings. The van der Waals surface area contributed by atoms with Gasteiger partial charge >= 0.3 is 0 Å². The van der Waals surface area contributed by atoms with E-state index in [1.807, 2.05) is 23.9 Å². The highest BCUT2D eigenvalue weighted by Gasteiger charge is 2.05. The summed E-state index contributed by atoms with van der Waals surface area (Å²) in [5.41, 5.74) is 3.23. The van der Waals surface area contributed by atoms with Crippen LogP contribution in [-0.2, 0) is 7.05 Å². The molecule has 0 bridgehead atoms. The topological polar surface area (TPSA) is 30.7 Å². The molecule has 0 fully saturated rings. The number of aromatic nitrogens is 3. The zero-order chi connectivity index (χ0) is 9.26. The van der Waals surface area contributed by atoms with Gasteiger partial charge in [0.1, 0.15) is 0 Å². The Hall–Kier alpha value is -1.64. The smallest absolute Gasteiger partial charge is 0.0911 e. The van der Waals surface area contributed by atoms with Crippen molar-refractivity contribution >= 4 is 0 Å². The second-order valence-corrected chi connectivity index (χ2v) is 3.01. The van der Waals surface area contributed by atoms with Crippen molar-refractivity contribution in [1.82, 2.24) is 14.8 Å². The van der Waals surface area contributed by atoms with Crippen molar-refractivity contribution < 1.29 is 0 Å². The molecule has 2 aromatic heterocycles. The average Bonchev–Trinajstić information content (AvgIpc) is 2.52. The number of pyridine rings is 1. The summed E-state index contributed by atoms with van der Waals surface area (Å²) in [6, 6.07) is 5.96. The second-order valence-electron chi connectivity index (χ2n) is 3.01. The number of nitrogens with zero attached hydrogens (tertiary/aromatic N) is 3. The molecule has 0 N–H and O–H groups in total. The van der Waals surface area contributed by atoms with Gasteiger partial charge in [-0.25, -0.2) is 0 Å². The second kappa shape index (κ2) is 3.01. The van der Waals surface area contributed by atoms with E-state index >= 15 is 0 Å². The van der Waals surface area contributed by atoms with E-state index in [0.29, 0.717) is 0 Å². The fraction of sp³-hybridized carbons (Fsp3) is 0.200. The summed E-state index contributed by atoms with van der Waals surface area (Å²) in [5, 5.41) is 4.11. The highest BCUT2D eigenvalue weighted by atomic mass is 15.3. The Bertz CT molecular complexity index is 418. The zero-order valence-electron chi connectivity index (χ0n) is 7.73. The lowest BCUT2D eigenvalue weighted by molar-refractivity contribution is 0.772. The molecule has 0 aliphatic rings. The van der Waals surface area contributed by atoms with Crippen molar-refractivity contribution in [2.75, 3.05) is 0 Å². The molecule has 2 rings (SSSR count). The molecule has 13 heavy (non-hydrogen) atoms. The van der Waals surface area contributed by atoms with Gasteiger partial charge in [-0.15, -0.1) is 0 Å². The summed E-state index contributed by atoms with van der Waals surface area (Å²) < 4.78 is 1.83. The van der Waals surface area contributed by atoms with Crippen LogP contribution in [0.15, 0.2) is 30.6 Å². The fourth-order valence-corrected chi connectivity index (χ4v) is 1.36. The van der Waals surface area contributed by atoms with Crippen LogP contribution in [0, 0.1) is 6.92 Å². The Morgan fingerprint density at radius 3 is 2.69 bits per heavy atom. The number of hydrogen-bond acceptors (Lipinski definition) is 2. The SMILES string of the molecule is Cc1cccnc1-c1ccnn1C. The zero-order valence-corrected chi connectivity index (χ0v) is 7.73. The third-order valence-corrected chi connectivity index (χ3v) is 2.07. The van der Waals surface area contributed by atoms with E-state index in [1.165, 1.54) is 5.56 Å². The minimum Gasteiger partial charge on any atom is -0.266 e. The van der Waals surface area contributed by atoms with Crippen LogP contribution >= 0.6 is 0 Å². The first-order chi connectivity index (χ1) is 6.29. The van der Waals surface area contributed by atoms with Gasteiger partial charge < -0.3 is 0 Å². The molecule has 0 spiro atoms. The highest BCUT2D eigenvalue weighted by molar-refractivity contribution is 5.58. The van der Waals surface area contributed by atoms with Crippen LogP contribution in [0.4, 0.5) is 0 Å². The van der Waals surface area contributed by atoms with Gasteiger partial charge in [-0.2, -0.15) is 5.10 Å². The minimum atomic E-state index is 1.00. The molecule has 0 radical (unpaired) electrons. The summed E-state index contributed by atoms with van der Waals surface area (Å²) in [7, 11) is 1.92. The van der Waals surface area contributed by atoms with Crippen LogP contribution in [0.3, 0.4) is 0 Å². The van der Waals surface area contributed by atoms with Crippen LogP contribution in [0.5, 0.6) is 0 Å². The Kier molecular flexibility index (Phi) is 1.85. The summed E-state index contributed by atoms with van der Waals surface area (Å²) >= 11 is 0. The molecule has 2 heterocycles. The maximum atomic E-state index is 4.32. The lowest BCUT2D eigenvalue weighted by Crippen LogP contribution is -1.96. The van der Waals surface area contributed by atoms with Crippen molar-refractivity contribution in [3.63, 3.8) is 0 Å². The number of aryl methyl sites for hydroxylation is 2. The van der Waals surface area contributed by atoms with E-state index < -0.39 is 0 Å². The van der Waals surface area contributed by atoms with Crippen LogP contribution in [0.2, 0.25) is 0 Å². The third kappa shape index (κ3) is 1.33. The summed E-state index contributed by atoms with van der Waals surface area (Å²) in [5.74, 6) is 0. The van der Waals surface area contributed by atoms with Crippen molar-refractivity contribution in [2.24, 2.45) is 7.05 Å². The molecular weight excluding hydrogens is 162 g/mol. The first-order valence-electron chi connectivity index (χ1n) is 4.19. The van der Waals surface area contributed by atoms with Crippen LogP contribution in [0.25, 0.3) is 11.4 Å². The molecule has 0 unspecified atom stereocenters. The maximum Gasteiger partial charge on any atom is 0.0911 e. The monoisotopic (exact) mass is 173 g/mol. The van der Waals surface area contributed by atoms with Gasteiger partial charge in [0, 0.05) is 19.4 Å². The van der Waals surface area contributed by atoms with Gasteiger partial charge in [0.15, 0.2) is 0 Å². The van der Waals surface area contributed by atoms with Crippen molar-refractivity contribution in [1.29, 1.82) is 0 Å². The molecule has 0 atom stereocenters. The van der Waals surface area contributed by atoms with Gasteiger partial charge in [-0.05, 0) is 24.6 Å². The Morgan fingerprint density at radius 1 is 1.23 bits per heavy atom. The Morgan fingerprint density at radius 2 is 2.08 bits per heavy atom. The van der Waals surface area contributed by atoms with E-state index in [2.05, 4.69) is 23.1 Å². The lowest BCUT2D eigenvalue weighted by atomic mass is 10.2. The van der Waals surface area contributed by atoms with Crippen molar-refractivity contribution in [3.05, 3.63) is 36.2 Å². The molecule has 0 saturated carbocycles. The van der Waals surface area contributed by atoms with Gasteiger partial charge in [0.2, 0.25) is 0 Å². The molecular formula is C10H11N3. The molecule has 0 aliphatic carbocycles. The quantitative estimate of drug-likeness (QED) is 0.658. The van der Waals surface area contributed by atoms with Crippen molar-refractivity contribution in [3.8, 4) is 11.4 Å². The third-order valence-electron chi connectivity index (χ3n) is 2.07. The largest absolute Gasteiger partial charge is 0.266 e.